The number of nitrogens with zero attached hydrogens (tertiary/aromatic N) is 3. The summed E-state index contributed by atoms with van der Waals surface area (Å²) in [4.78, 5) is 22.0. The van der Waals surface area contributed by atoms with Crippen LogP contribution in [0.2, 0.25) is 0 Å². The van der Waals surface area contributed by atoms with Crippen molar-refractivity contribution in [2.24, 2.45) is 0 Å². The number of fused-ring (bicyclic) bond motifs is 2. The number of benzene rings is 1. The third-order valence-electron chi connectivity index (χ3n) is 5.44. The highest BCUT2D eigenvalue weighted by Gasteiger charge is 2.26. The van der Waals surface area contributed by atoms with Gasteiger partial charge in [-0.15, -0.1) is 22.7 Å². The van der Waals surface area contributed by atoms with Gasteiger partial charge in [0.25, 0.3) is 0 Å². The predicted octanol–water partition coefficient (Wildman–Crippen LogP) is 3.92. The molecule has 1 aliphatic heterocycles. The van der Waals surface area contributed by atoms with E-state index in [0.717, 1.165) is 30.2 Å². The van der Waals surface area contributed by atoms with Gasteiger partial charge >= 0.3 is 0 Å². The molecule has 0 radical (unpaired) electrons. The number of rotatable bonds is 6. The fourth-order valence-corrected chi connectivity index (χ4v) is 5.58. The van der Waals surface area contributed by atoms with Gasteiger partial charge in [-0.2, -0.15) is 0 Å². The smallest absolute Gasteiger partial charge is 0.226 e. The summed E-state index contributed by atoms with van der Waals surface area (Å²) in [6.45, 7) is 2.55. The molecule has 29 heavy (non-hydrogen) atoms. The van der Waals surface area contributed by atoms with Crippen molar-refractivity contribution < 1.29 is 4.79 Å². The fraction of sp³-hybridized carbons (Fsp3) is 0.273. The molecule has 1 amide bonds. The van der Waals surface area contributed by atoms with Crippen molar-refractivity contribution >= 4 is 33.5 Å². The third-order valence-corrected chi connectivity index (χ3v) is 7.23. The molecule has 3 aromatic heterocycles. The monoisotopic (exact) mass is 422 g/mol. The second-order valence-electron chi connectivity index (χ2n) is 7.32. The summed E-state index contributed by atoms with van der Waals surface area (Å²) in [5.74, 6) is 0.0184. The van der Waals surface area contributed by atoms with Crippen LogP contribution in [0.25, 0.3) is 4.96 Å². The van der Waals surface area contributed by atoms with Gasteiger partial charge in [0.15, 0.2) is 4.96 Å². The quantitative estimate of drug-likeness (QED) is 0.512. The Kier molecular flexibility index (Phi) is 5.18. The molecule has 0 bridgehead atoms. The number of amides is 1. The molecule has 1 aromatic carbocycles. The number of imidazole rings is 1. The Bertz CT molecular complexity index is 1090. The minimum Gasteiger partial charge on any atom is -0.354 e. The van der Waals surface area contributed by atoms with Crippen molar-refractivity contribution in [3.05, 3.63) is 81.2 Å². The van der Waals surface area contributed by atoms with Crippen LogP contribution < -0.4 is 5.32 Å². The Morgan fingerprint density at radius 2 is 2.07 bits per heavy atom. The van der Waals surface area contributed by atoms with Crippen molar-refractivity contribution in [3.8, 4) is 0 Å². The van der Waals surface area contributed by atoms with Gasteiger partial charge < -0.3 is 5.32 Å². The summed E-state index contributed by atoms with van der Waals surface area (Å²) >= 11 is 3.43. The largest absolute Gasteiger partial charge is 0.354 e. The van der Waals surface area contributed by atoms with Crippen molar-refractivity contribution in [2.45, 2.75) is 25.4 Å². The molecule has 0 spiro atoms. The highest BCUT2D eigenvalue weighted by atomic mass is 32.1. The molecule has 0 saturated heterocycles. The molecule has 7 heteroatoms. The van der Waals surface area contributed by atoms with E-state index in [1.165, 1.54) is 16.0 Å². The zero-order valence-corrected chi connectivity index (χ0v) is 17.6. The Morgan fingerprint density at radius 1 is 1.17 bits per heavy atom. The van der Waals surface area contributed by atoms with Gasteiger partial charge in [0, 0.05) is 42.3 Å². The lowest BCUT2D eigenvalue weighted by Crippen LogP contribution is -2.40. The molecule has 1 N–H and O–H groups in total. The average Bonchev–Trinajstić information content (AvgIpc) is 3.44. The molecular formula is C22H22N4OS2. The van der Waals surface area contributed by atoms with E-state index < -0.39 is 0 Å². The second kappa shape index (κ2) is 8.10. The normalized spacial score (nSPS) is 15.3. The molecule has 0 fully saturated rings. The van der Waals surface area contributed by atoms with Crippen LogP contribution >= 0.6 is 22.7 Å². The van der Waals surface area contributed by atoms with E-state index in [-0.39, 0.29) is 11.9 Å². The third kappa shape index (κ3) is 3.99. The number of thiophene rings is 1. The minimum absolute atomic E-state index is 0.0184. The molecule has 0 saturated carbocycles. The second-order valence-corrected chi connectivity index (χ2v) is 9.20. The van der Waals surface area contributed by atoms with Gasteiger partial charge in [-0.25, -0.2) is 4.98 Å². The lowest BCUT2D eigenvalue weighted by molar-refractivity contribution is -0.120. The Labute approximate surface area is 177 Å². The number of hydrogen-bond donors (Lipinski definition) is 1. The van der Waals surface area contributed by atoms with Crippen LogP contribution in [-0.2, 0) is 24.2 Å². The summed E-state index contributed by atoms with van der Waals surface area (Å²) < 4.78 is 1.96. The summed E-state index contributed by atoms with van der Waals surface area (Å²) in [5, 5.41) is 7.34. The zero-order chi connectivity index (χ0) is 19.6. The minimum atomic E-state index is 0.0184. The first-order valence-corrected chi connectivity index (χ1v) is 11.5. The maximum absolute atomic E-state index is 12.6. The first kappa shape index (κ1) is 18.5. The molecule has 148 valence electrons. The van der Waals surface area contributed by atoms with Crippen molar-refractivity contribution in [2.75, 3.05) is 13.1 Å². The summed E-state index contributed by atoms with van der Waals surface area (Å²) in [5.41, 5.74) is 3.48. The number of thiazole rings is 1. The van der Waals surface area contributed by atoms with Gasteiger partial charge in [-0.1, -0.05) is 30.3 Å². The Morgan fingerprint density at radius 3 is 2.93 bits per heavy atom. The maximum Gasteiger partial charge on any atom is 0.226 e. The van der Waals surface area contributed by atoms with Crippen LogP contribution in [0.3, 0.4) is 0 Å². The highest BCUT2D eigenvalue weighted by Crippen LogP contribution is 2.30. The summed E-state index contributed by atoms with van der Waals surface area (Å²) in [6, 6.07) is 12.9. The van der Waals surface area contributed by atoms with Crippen LogP contribution in [0.4, 0.5) is 0 Å². The van der Waals surface area contributed by atoms with Gasteiger partial charge in [0.2, 0.25) is 5.91 Å². The van der Waals surface area contributed by atoms with E-state index in [1.807, 2.05) is 39.6 Å². The molecule has 0 aliphatic carbocycles. The number of nitrogens with one attached hydrogen (secondary N) is 1. The van der Waals surface area contributed by atoms with E-state index in [9.17, 15) is 4.79 Å². The summed E-state index contributed by atoms with van der Waals surface area (Å²) in [7, 11) is 0. The average molecular weight is 423 g/mol. The summed E-state index contributed by atoms with van der Waals surface area (Å²) in [6.07, 6.45) is 5.29. The van der Waals surface area contributed by atoms with E-state index >= 15 is 0 Å². The van der Waals surface area contributed by atoms with Gasteiger partial charge in [0.05, 0.1) is 18.2 Å². The first-order chi connectivity index (χ1) is 14.3. The first-order valence-electron chi connectivity index (χ1n) is 9.78. The molecule has 0 unspecified atom stereocenters. The van der Waals surface area contributed by atoms with E-state index in [0.29, 0.717) is 13.0 Å². The highest BCUT2D eigenvalue weighted by molar-refractivity contribution is 7.15. The predicted molar refractivity (Wildman–Crippen MR) is 117 cm³/mol. The molecule has 1 aliphatic rings. The topological polar surface area (TPSA) is 49.6 Å². The van der Waals surface area contributed by atoms with Crippen molar-refractivity contribution in [3.63, 3.8) is 0 Å². The molecule has 4 aromatic rings. The number of hydrogen-bond acceptors (Lipinski definition) is 5. The number of aromatic nitrogens is 2. The standard InChI is InChI=1S/C22H22N4OS2/c27-21(12-18-15-26-9-11-29-22(26)24-18)23-13-19(16-4-2-1-3-5-16)25-8-6-20-17(14-25)7-10-28-20/h1-5,7,9-11,15,19H,6,8,12-14H2,(H,23,27)/t19-/m0/s1. The van der Waals surface area contributed by atoms with Crippen LogP contribution in [0.5, 0.6) is 0 Å². The maximum atomic E-state index is 12.6. The Hall–Kier alpha value is -2.48. The van der Waals surface area contributed by atoms with Gasteiger partial charge in [-0.05, 0) is 29.0 Å². The van der Waals surface area contributed by atoms with E-state index in [1.54, 1.807) is 11.3 Å². The SMILES string of the molecule is O=C(Cc1cn2ccsc2n1)NC[C@@H](c1ccccc1)N1CCc2sccc2C1. The van der Waals surface area contributed by atoms with Crippen molar-refractivity contribution in [1.82, 2.24) is 19.6 Å². The van der Waals surface area contributed by atoms with Crippen LogP contribution in [0.1, 0.15) is 27.7 Å². The van der Waals surface area contributed by atoms with Gasteiger partial charge in [0.1, 0.15) is 0 Å². The zero-order valence-electron chi connectivity index (χ0n) is 16.0. The lowest BCUT2D eigenvalue weighted by Gasteiger charge is -2.35. The van der Waals surface area contributed by atoms with E-state index in [2.05, 4.69) is 50.9 Å². The molecule has 5 rings (SSSR count). The Balaban J connectivity index is 1.28. The van der Waals surface area contributed by atoms with Crippen LogP contribution in [-0.4, -0.2) is 33.3 Å². The van der Waals surface area contributed by atoms with E-state index in [4.69, 9.17) is 0 Å². The number of carbonyl (C=O) groups is 1. The molecule has 5 nitrogen and oxygen atoms in total. The molecular weight excluding hydrogens is 400 g/mol. The van der Waals surface area contributed by atoms with Crippen LogP contribution in [0, 0.1) is 0 Å². The van der Waals surface area contributed by atoms with Crippen LogP contribution in [0.15, 0.2) is 59.6 Å². The van der Waals surface area contributed by atoms with Crippen molar-refractivity contribution in [1.29, 1.82) is 0 Å². The number of carbonyl (C=O) groups excluding carboxylic acids is 1. The molecule has 4 heterocycles. The molecule has 1 atom stereocenters. The fourth-order valence-electron chi connectivity index (χ4n) is 3.97. The van der Waals surface area contributed by atoms with Gasteiger partial charge in [-0.3, -0.25) is 14.1 Å². The lowest BCUT2D eigenvalue weighted by atomic mass is 10.0.